The maximum absolute atomic E-state index is 12.6. The molecule has 7 nitrogen and oxygen atoms in total. The number of ether oxygens (including phenoxy) is 1. The lowest BCUT2D eigenvalue weighted by Crippen LogP contribution is -2.57. The first-order valence-corrected chi connectivity index (χ1v) is 7.41. The predicted molar refractivity (Wildman–Crippen MR) is 82.2 cm³/mol. The van der Waals surface area contributed by atoms with Gasteiger partial charge in [-0.05, 0) is 32.9 Å². The predicted octanol–water partition coefficient (Wildman–Crippen LogP) is 1.82. The highest BCUT2D eigenvalue weighted by Crippen LogP contribution is 2.29. The molecular formula is C15H21N3O4. The lowest BCUT2D eigenvalue weighted by Gasteiger charge is -2.38. The number of piperazine rings is 1. The summed E-state index contributed by atoms with van der Waals surface area (Å²) in [7, 11) is 0. The molecule has 120 valence electrons. The fourth-order valence-electron chi connectivity index (χ4n) is 2.58. The van der Waals surface area contributed by atoms with Crippen molar-refractivity contribution in [3.63, 3.8) is 0 Å². The van der Waals surface area contributed by atoms with Crippen LogP contribution in [-0.4, -0.2) is 47.5 Å². The molecule has 1 saturated heterocycles. The molecule has 1 amide bonds. The number of benzene rings is 1. The van der Waals surface area contributed by atoms with Crippen molar-refractivity contribution >= 4 is 11.6 Å². The average Bonchev–Trinajstić information content (AvgIpc) is 2.50. The van der Waals surface area contributed by atoms with Crippen LogP contribution < -0.4 is 10.1 Å². The van der Waals surface area contributed by atoms with Crippen molar-refractivity contribution in [1.82, 2.24) is 10.2 Å². The minimum absolute atomic E-state index is 0.0341. The largest absolute Gasteiger partial charge is 0.487 e. The number of nitro groups is 1. The normalized spacial score (nSPS) is 21.5. The van der Waals surface area contributed by atoms with Gasteiger partial charge in [0.25, 0.3) is 5.91 Å². The van der Waals surface area contributed by atoms with Crippen molar-refractivity contribution in [2.45, 2.75) is 32.9 Å². The molecule has 0 bridgehead atoms. The van der Waals surface area contributed by atoms with E-state index in [9.17, 15) is 14.9 Å². The molecule has 1 aromatic carbocycles. The van der Waals surface area contributed by atoms with E-state index < -0.39 is 4.92 Å². The molecule has 1 heterocycles. The fourth-order valence-corrected chi connectivity index (χ4v) is 2.58. The van der Waals surface area contributed by atoms with Crippen molar-refractivity contribution in [3.05, 3.63) is 33.9 Å². The third-order valence-electron chi connectivity index (χ3n) is 4.00. The third-order valence-corrected chi connectivity index (χ3v) is 4.00. The third kappa shape index (κ3) is 3.19. The number of hydrogen-bond acceptors (Lipinski definition) is 5. The molecule has 0 aromatic heterocycles. The van der Waals surface area contributed by atoms with Crippen molar-refractivity contribution in [3.8, 4) is 5.75 Å². The summed E-state index contributed by atoms with van der Waals surface area (Å²) >= 11 is 0. The van der Waals surface area contributed by atoms with Crippen LogP contribution in [0.3, 0.4) is 0 Å². The van der Waals surface area contributed by atoms with E-state index in [0.29, 0.717) is 18.7 Å². The molecule has 0 aliphatic carbocycles. The number of carbonyl (C=O) groups is 1. The summed E-state index contributed by atoms with van der Waals surface area (Å²) in [5.41, 5.74) is 0.139. The summed E-state index contributed by atoms with van der Waals surface area (Å²) in [6.07, 6.45) is 0. The number of amides is 1. The number of nitrogens with zero attached hydrogens (tertiary/aromatic N) is 2. The zero-order valence-electron chi connectivity index (χ0n) is 13.0. The number of carbonyl (C=O) groups excluding carboxylic acids is 1. The van der Waals surface area contributed by atoms with Crippen LogP contribution in [0.4, 0.5) is 5.69 Å². The van der Waals surface area contributed by atoms with Gasteiger partial charge in [-0.15, -0.1) is 0 Å². The molecule has 0 saturated carbocycles. The molecule has 1 fully saturated rings. The molecule has 7 heteroatoms. The Morgan fingerprint density at radius 1 is 1.50 bits per heavy atom. The first-order chi connectivity index (χ1) is 10.5. The molecule has 22 heavy (non-hydrogen) atoms. The summed E-state index contributed by atoms with van der Waals surface area (Å²) in [5, 5.41) is 14.5. The zero-order valence-corrected chi connectivity index (χ0v) is 13.0. The van der Waals surface area contributed by atoms with E-state index in [4.69, 9.17) is 4.74 Å². The highest BCUT2D eigenvalue weighted by Gasteiger charge is 2.30. The van der Waals surface area contributed by atoms with Gasteiger partial charge in [0.05, 0.1) is 11.5 Å². The number of nitro benzene ring substituents is 1. The second-order valence-corrected chi connectivity index (χ2v) is 5.35. The highest BCUT2D eigenvalue weighted by molar-refractivity contribution is 5.95. The van der Waals surface area contributed by atoms with Crippen LogP contribution in [0.15, 0.2) is 18.2 Å². The van der Waals surface area contributed by atoms with Gasteiger partial charge in [0.1, 0.15) is 0 Å². The maximum atomic E-state index is 12.6. The van der Waals surface area contributed by atoms with Gasteiger partial charge in [-0.2, -0.15) is 0 Å². The van der Waals surface area contributed by atoms with Gasteiger partial charge in [-0.3, -0.25) is 14.9 Å². The van der Waals surface area contributed by atoms with Crippen LogP contribution in [-0.2, 0) is 0 Å². The van der Waals surface area contributed by atoms with E-state index in [1.165, 1.54) is 12.1 Å². The van der Waals surface area contributed by atoms with Gasteiger partial charge in [0.15, 0.2) is 5.75 Å². The molecule has 0 radical (unpaired) electrons. The molecule has 1 aliphatic rings. The van der Waals surface area contributed by atoms with Gasteiger partial charge in [-0.25, -0.2) is 0 Å². The highest BCUT2D eigenvalue weighted by atomic mass is 16.6. The lowest BCUT2D eigenvalue weighted by atomic mass is 10.0. The van der Waals surface area contributed by atoms with Crippen LogP contribution in [0.5, 0.6) is 5.75 Å². The summed E-state index contributed by atoms with van der Waals surface area (Å²) in [6.45, 7) is 7.39. The molecule has 1 aromatic rings. The van der Waals surface area contributed by atoms with Crippen LogP contribution in [0.25, 0.3) is 0 Å². The summed E-state index contributed by atoms with van der Waals surface area (Å²) in [4.78, 5) is 25.0. The van der Waals surface area contributed by atoms with Crippen LogP contribution in [0, 0.1) is 10.1 Å². The van der Waals surface area contributed by atoms with E-state index in [1.54, 1.807) is 17.9 Å². The summed E-state index contributed by atoms with van der Waals surface area (Å²) in [5.74, 6) is -0.00206. The molecule has 1 aliphatic heterocycles. The van der Waals surface area contributed by atoms with E-state index in [-0.39, 0.29) is 29.4 Å². The lowest BCUT2D eigenvalue weighted by molar-refractivity contribution is -0.385. The van der Waals surface area contributed by atoms with Gasteiger partial charge < -0.3 is 15.0 Å². The van der Waals surface area contributed by atoms with Crippen molar-refractivity contribution in [1.29, 1.82) is 0 Å². The summed E-state index contributed by atoms with van der Waals surface area (Å²) in [6, 6.07) is 4.60. The minimum atomic E-state index is -0.522. The second kappa shape index (κ2) is 6.74. The minimum Gasteiger partial charge on any atom is -0.487 e. The quantitative estimate of drug-likeness (QED) is 0.677. The van der Waals surface area contributed by atoms with Gasteiger partial charge in [0.2, 0.25) is 0 Å². The van der Waals surface area contributed by atoms with Gasteiger partial charge in [-0.1, -0.05) is 0 Å². The van der Waals surface area contributed by atoms with Gasteiger partial charge in [0, 0.05) is 36.8 Å². The molecule has 0 spiro atoms. The zero-order chi connectivity index (χ0) is 16.3. The van der Waals surface area contributed by atoms with Crippen LogP contribution in [0.1, 0.15) is 31.1 Å². The van der Waals surface area contributed by atoms with Gasteiger partial charge >= 0.3 is 5.69 Å². The van der Waals surface area contributed by atoms with Crippen molar-refractivity contribution < 1.29 is 14.5 Å². The molecular weight excluding hydrogens is 286 g/mol. The van der Waals surface area contributed by atoms with Crippen LogP contribution in [0.2, 0.25) is 0 Å². The van der Waals surface area contributed by atoms with E-state index in [1.807, 2.05) is 13.8 Å². The smallest absolute Gasteiger partial charge is 0.311 e. The summed E-state index contributed by atoms with van der Waals surface area (Å²) < 4.78 is 5.24. The molecule has 2 unspecified atom stereocenters. The molecule has 1 N–H and O–H groups in total. The molecule has 2 atom stereocenters. The van der Waals surface area contributed by atoms with Crippen molar-refractivity contribution in [2.24, 2.45) is 0 Å². The van der Waals surface area contributed by atoms with E-state index in [2.05, 4.69) is 5.32 Å². The Balaban J connectivity index is 2.30. The second-order valence-electron chi connectivity index (χ2n) is 5.35. The Bertz CT molecular complexity index is 576. The van der Waals surface area contributed by atoms with E-state index in [0.717, 1.165) is 6.54 Å². The first-order valence-electron chi connectivity index (χ1n) is 7.41. The first kappa shape index (κ1) is 16.2. The standard InChI is InChI=1S/C15H21N3O4/c1-4-22-14-6-5-12(9-13(14)18(20)21)15(19)17-8-7-16-10(2)11(17)3/h5-6,9-11,16H,4,7-8H2,1-3H3. The van der Waals surface area contributed by atoms with Crippen LogP contribution >= 0.6 is 0 Å². The Kier molecular flexibility index (Phi) is 4.97. The number of rotatable bonds is 4. The maximum Gasteiger partial charge on any atom is 0.311 e. The topological polar surface area (TPSA) is 84.7 Å². The van der Waals surface area contributed by atoms with Crippen molar-refractivity contribution in [2.75, 3.05) is 19.7 Å². The fraction of sp³-hybridized carbons (Fsp3) is 0.533. The Morgan fingerprint density at radius 2 is 2.23 bits per heavy atom. The molecule has 2 rings (SSSR count). The SMILES string of the molecule is CCOc1ccc(C(=O)N2CCNC(C)C2C)cc1[N+](=O)[O-]. The Labute approximate surface area is 129 Å². The Hall–Kier alpha value is -2.15. The number of hydrogen-bond donors (Lipinski definition) is 1. The average molecular weight is 307 g/mol. The number of nitrogens with one attached hydrogen (secondary N) is 1. The monoisotopic (exact) mass is 307 g/mol. The van der Waals surface area contributed by atoms with E-state index >= 15 is 0 Å². The Morgan fingerprint density at radius 3 is 2.86 bits per heavy atom.